The van der Waals surface area contributed by atoms with Crippen molar-refractivity contribution in [3.8, 4) is 0 Å². The summed E-state index contributed by atoms with van der Waals surface area (Å²) in [5.41, 5.74) is 0.782. The summed E-state index contributed by atoms with van der Waals surface area (Å²) in [4.78, 5) is 0.0932. The third-order valence-electron chi connectivity index (χ3n) is 4.71. The van der Waals surface area contributed by atoms with E-state index in [4.69, 9.17) is 0 Å². The third kappa shape index (κ3) is 2.28. The molecule has 0 saturated heterocycles. The van der Waals surface area contributed by atoms with Gasteiger partial charge in [-0.2, -0.15) is 4.39 Å². The van der Waals surface area contributed by atoms with E-state index in [2.05, 4.69) is 6.58 Å². The van der Waals surface area contributed by atoms with Crippen molar-refractivity contribution in [2.24, 2.45) is 5.41 Å². The van der Waals surface area contributed by atoms with E-state index in [1.807, 2.05) is 6.92 Å². The number of aryl methyl sites for hydroxylation is 1. The van der Waals surface area contributed by atoms with Crippen LogP contribution in [0.2, 0.25) is 0 Å². The summed E-state index contributed by atoms with van der Waals surface area (Å²) in [5, 5.41) is 0. The molecule has 1 spiro atoms. The van der Waals surface area contributed by atoms with Crippen LogP contribution in [-0.2, 0) is 10.0 Å². The van der Waals surface area contributed by atoms with Gasteiger partial charge in [0.25, 0.3) is 10.0 Å². The van der Waals surface area contributed by atoms with Crippen LogP contribution in [0.3, 0.4) is 0 Å². The highest BCUT2D eigenvalue weighted by Crippen LogP contribution is 2.52. The molecule has 1 aromatic carbocycles. The van der Waals surface area contributed by atoms with Crippen molar-refractivity contribution in [1.29, 1.82) is 0 Å². The van der Waals surface area contributed by atoms with Gasteiger partial charge in [-0.3, -0.25) is 0 Å². The molecule has 0 bridgehead atoms. The molecule has 1 heterocycles. The fraction of sp³-hybridized carbons (Fsp3) is 0.412. The first-order valence-electron chi connectivity index (χ1n) is 7.57. The van der Waals surface area contributed by atoms with Gasteiger partial charge in [0.2, 0.25) is 5.95 Å². The molecule has 3 rings (SSSR count). The predicted molar refractivity (Wildman–Crippen MR) is 84.1 cm³/mol. The minimum atomic E-state index is -3.94. The number of hydrogen-bond donors (Lipinski definition) is 0. The Balaban J connectivity index is 2.00. The molecule has 1 aromatic rings. The zero-order chi connectivity index (χ0) is 16.0. The first kappa shape index (κ1) is 15.3. The number of halogens is 1. The van der Waals surface area contributed by atoms with E-state index in [1.165, 1.54) is 18.2 Å². The SMILES string of the molecule is C=C1N(S(=O)(=O)c2ccc(C)cc2)C(F)=CC12CCCCC2. The van der Waals surface area contributed by atoms with Gasteiger partial charge in [-0.05, 0) is 38.0 Å². The van der Waals surface area contributed by atoms with Gasteiger partial charge in [-0.25, -0.2) is 12.7 Å². The summed E-state index contributed by atoms with van der Waals surface area (Å²) in [5.74, 6) is -0.715. The van der Waals surface area contributed by atoms with Gasteiger partial charge >= 0.3 is 0 Å². The van der Waals surface area contributed by atoms with Crippen molar-refractivity contribution < 1.29 is 12.8 Å². The van der Waals surface area contributed by atoms with Gasteiger partial charge in [-0.15, -0.1) is 0 Å². The minimum absolute atomic E-state index is 0.0932. The van der Waals surface area contributed by atoms with E-state index in [1.54, 1.807) is 12.1 Å². The van der Waals surface area contributed by atoms with Gasteiger partial charge in [-0.1, -0.05) is 43.5 Å². The summed E-state index contributed by atoms with van der Waals surface area (Å²) in [6, 6.07) is 6.45. The lowest BCUT2D eigenvalue weighted by Crippen LogP contribution is -2.31. The maximum atomic E-state index is 14.5. The Hall–Kier alpha value is -1.62. The molecule has 0 radical (unpaired) electrons. The first-order chi connectivity index (χ1) is 10.4. The molecule has 1 aliphatic heterocycles. The quantitative estimate of drug-likeness (QED) is 0.763. The van der Waals surface area contributed by atoms with Crippen molar-refractivity contribution in [3.63, 3.8) is 0 Å². The molecule has 0 amide bonds. The topological polar surface area (TPSA) is 37.4 Å². The maximum absolute atomic E-state index is 14.5. The highest BCUT2D eigenvalue weighted by atomic mass is 32.2. The summed E-state index contributed by atoms with van der Waals surface area (Å²) in [7, 11) is -3.94. The first-order valence-corrected chi connectivity index (χ1v) is 9.01. The van der Waals surface area contributed by atoms with Crippen molar-refractivity contribution >= 4 is 10.0 Å². The molecule has 0 atom stereocenters. The van der Waals surface area contributed by atoms with E-state index < -0.39 is 21.4 Å². The Morgan fingerprint density at radius 2 is 1.73 bits per heavy atom. The molecule has 0 unspecified atom stereocenters. The third-order valence-corrected chi connectivity index (χ3v) is 6.46. The van der Waals surface area contributed by atoms with Gasteiger partial charge < -0.3 is 0 Å². The Labute approximate surface area is 131 Å². The second kappa shape index (κ2) is 5.23. The molecular formula is C17H20FNO2S. The average Bonchev–Trinajstić information content (AvgIpc) is 2.71. The van der Waals surface area contributed by atoms with Crippen LogP contribution in [0.25, 0.3) is 0 Å². The molecule has 2 aliphatic rings. The molecule has 0 N–H and O–H groups in total. The number of nitrogens with zero attached hydrogens (tertiary/aromatic N) is 1. The fourth-order valence-corrected chi connectivity index (χ4v) is 4.84. The van der Waals surface area contributed by atoms with Crippen molar-refractivity contribution in [1.82, 2.24) is 4.31 Å². The van der Waals surface area contributed by atoms with Gasteiger partial charge in [0, 0.05) is 11.1 Å². The molecule has 5 heteroatoms. The molecule has 0 aromatic heterocycles. The Kier molecular flexibility index (Phi) is 3.63. The smallest absolute Gasteiger partial charge is 0.213 e. The van der Waals surface area contributed by atoms with Crippen LogP contribution in [0, 0.1) is 12.3 Å². The maximum Gasteiger partial charge on any atom is 0.270 e. The minimum Gasteiger partial charge on any atom is -0.213 e. The Bertz CT molecular complexity index is 728. The van der Waals surface area contributed by atoms with Crippen LogP contribution in [0.15, 0.2) is 53.5 Å². The van der Waals surface area contributed by atoms with Crippen LogP contribution < -0.4 is 0 Å². The largest absolute Gasteiger partial charge is 0.270 e. The lowest BCUT2D eigenvalue weighted by molar-refractivity contribution is 0.293. The van der Waals surface area contributed by atoms with Gasteiger partial charge in [0.1, 0.15) is 0 Å². The van der Waals surface area contributed by atoms with E-state index in [0.717, 1.165) is 42.0 Å². The lowest BCUT2D eigenvalue weighted by Gasteiger charge is -2.34. The zero-order valence-electron chi connectivity index (χ0n) is 12.7. The molecule has 1 aliphatic carbocycles. The molecule has 118 valence electrons. The van der Waals surface area contributed by atoms with Crippen LogP contribution in [0.1, 0.15) is 37.7 Å². The lowest BCUT2D eigenvalue weighted by atomic mass is 9.73. The van der Waals surface area contributed by atoms with Crippen LogP contribution in [0.5, 0.6) is 0 Å². The Morgan fingerprint density at radius 1 is 1.14 bits per heavy atom. The highest BCUT2D eigenvalue weighted by molar-refractivity contribution is 7.89. The number of allylic oxidation sites excluding steroid dienone is 1. The van der Waals surface area contributed by atoms with Gasteiger partial charge in [0.15, 0.2) is 0 Å². The fourth-order valence-electron chi connectivity index (χ4n) is 3.39. The van der Waals surface area contributed by atoms with Crippen molar-refractivity contribution in [3.05, 3.63) is 54.1 Å². The average molecular weight is 321 g/mol. The monoisotopic (exact) mass is 321 g/mol. The van der Waals surface area contributed by atoms with Gasteiger partial charge in [0.05, 0.1) is 4.90 Å². The number of sulfonamides is 1. The molecule has 22 heavy (non-hydrogen) atoms. The highest BCUT2D eigenvalue weighted by Gasteiger charge is 2.47. The molecular weight excluding hydrogens is 301 g/mol. The van der Waals surface area contributed by atoms with E-state index in [9.17, 15) is 12.8 Å². The zero-order valence-corrected chi connectivity index (χ0v) is 13.5. The van der Waals surface area contributed by atoms with E-state index in [0.29, 0.717) is 5.70 Å². The van der Waals surface area contributed by atoms with Crippen LogP contribution in [0.4, 0.5) is 4.39 Å². The standard InChI is InChI=1S/C17H20FNO2S/c1-13-6-8-15(9-7-13)22(20,21)19-14(2)17(12-16(19)18)10-4-3-5-11-17/h6-9,12H,2-5,10-11H2,1H3. The van der Waals surface area contributed by atoms with E-state index in [-0.39, 0.29) is 4.90 Å². The van der Waals surface area contributed by atoms with Crippen molar-refractivity contribution in [2.75, 3.05) is 0 Å². The second-order valence-electron chi connectivity index (χ2n) is 6.21. The summed E-state index contributed by atoms with van der Waals surface area (Å²) >= 11 is 0. The van der Waals surface area contributed by atoms with Crippen LogP contribution >= 0.6 is 0 Å². The normalized spacial score (nSPS) is 21.3. The molecule has 1 saturated carbocycles. The summed E-state index contributed by atoms with van der Waals surface area (Å²) < 4.78 is 40.8. The Morgan fingerprint density at radius 3 is 2.32 bits per heavy atom. The number of benzene rings is 1. The van der Waals surface area contributed by atoms with Crippen LogP contribution in [-0.4, -0.2) is 12.7 Å². The summed E-state index contributed by atoms with van der Waals surface area (Å²) in [6.45, 7) is 5.80. The van der Waals surface area contributed by atoms with Crippen molar-refractivity contribution in [2.45, 2.75) is 43.9 Å². The molecule has 3 nitrogen and oxygen atoms in total. The van der Waals surface area contributed by atoms with E-state index >= 15 is 0 Å². The predicted octanol–water partition coefficient (Wildman–Crippen LogP) is 4.27. The second-order valence-corrected chi connectivity index (χ2v) is 8.00. The number of hydrogen-bond acceptors (Lipinski definition) is 2. The number of rotatable bonds is 2. The molecule has 1 fully saturated rings. The summed E-state index contributed by atoms with van der Waals surface area (Å²) in [6.07, 6.45) is 6.04.